The number of piperidine rings is 1. The monoisotopic (exact) mass is 377 g/mol. The number of likely N-dealkylation sites (tertiary alicyclic amines) is 1. The Hall–Kier alpha value is -0.720. The molecule has 0 radical (unpaired) electrons. The molecule has 0 aromatic carbocycles. The Labute approximate surface area is 132 Å². The average Bonchev–Trinajstić information content (AvgIpc) is 2.87. The molecular formula is C14H24IN3O. The van der Waals surface area contributed by atoms with E-state index >= 15 is 0 Å². The fourth-order valence-corrected chi connectivity index (χ4v) is 2.36. The van der Waals surface area contributed by atoms with Crippen molar-refractivity contribution in [3.8, 4) is 0 Å². The summed E-state index contributed by atoms with van der Waals surface area (Å²) >= 11 is 0. The van der Waals surface area contributed by atoms with Gasteiger partial charge in [-0.15, -0.1) is 24.0 Å². The molecule has 1 aromatic rings. The number of hydrogen-bond acceptors (Lipinski definition) is 2. The van der Waals surface area contributed by atoms with Crippen LogP contribution in [0.4, 0.5) is 0 Å². The highest BCUT2D eigenvalue weighted by Crippen LogP contribution is 2.15. The summed E-state index contributed by atoms with van der Waals surface area (Å²) < 4.78 is 5.32. The molecule has 4 nitrogen and oxygen atoms in total. The number of nitrogens with one attached hydrogen (secondary N) is 1. The lowest BCUT2D eigenvalue weighted by molar-refractivity contribution is 0.265. The van der Waals surface area contributed by atoms with Crippen LogP contribution in [0.25, 0.3) is 0 Å². The van der Waals surface area contributed by atoms with Crippen molar-refractivity contribution in [1.29, 1.82) is 0 Å². The van der Waals surface area contributed by atoms with Crippen molar-refractivity contribution in [2.24, 2.45) is 10.9 Å². The maximum absolute atomic E-state index is 5.32. The van der Waals surface area contributed by atoms with Gasteiger partial charge in [-0.25, -0.2) is 4.99 Å². The molecule has 1 saturated heterocycles. The predicted octanol–water partition coefficient (Wildman–Crippen LogP) is 3.10. The fraction of sp³-hybridized carbons (Fsp3) is 0.643. The van der Waals surface area contributed by atoms with E-state index in [0.29, 0.717) is 6.54 Å². The summed E-state index contributed by atoms with van der Waals surface area (Å²) in [5.74, 6) is 2.68. The van der Waals surface area contributed by atoms with Crippen molar-refractivity contribution in [3.63, 3.8) is 0 Å². The van der Waals surface area contributed by atoms with Gasteiger partial charge in [0, 0.05) is 19.6 Å². The second kappa shape index (κ2) is 8.45. The number of aliphatic imine (C=N–C) groups is 1. The van der Waals surface area contributed by atoms with Crippen molar-refractivity contribution >= 4 is 29.9 Å². The normalized spacial score (nSPS) is 20.0. The van der Waals surface area contributed by atoms with Crippen LogP contribution in [-0.2, 0) is 6.54 Å². The molecule has 0 amide bonds. The van der Waals surface area contributed by atoms with Gasteiger partial charge in [0.15, 0.2) is 5.96 Å². The smallest absolute Gasteiger partial charge is 0.194 e. The van der Waals surface area contributed by atoms with Gasteiger partial charge < -0.3 is 14.6 Å². The molecule has 1 unspecified atom stereocenters. The lowest BCUT2D eigenvalue weighted by Crippen LogP contribution is -2.46. The van der Waals surface area contributed by atoms with Crippen molar-refractivity contribution in [2.75, 3.05) is 19.6 Å². The number of hydrogen-bond donors (Lipinski definition) is 1. The van der Waals surface area contributed by atoms with E-state index in [9.17, 15) is 0 Å². The lowest BCUT2D eigenvalue weighted by Gasteiger charge is -2.33. The van der Waals surface area contributed by atoms with Crippen LogP contribution in [0.5, 0.6) is 0 Å². The largest absolute Gasteiger partial charge is 0.467 e. The third kappa shape index (κ3) is 5.04. The highest BCUT2D eigenvalue weighted by molar-refractivity contribution is 14.0. The van der Waals surface area contributed by atoms with E-state index in [4.69, 9.17) is 4.42 Å². The van der Waals surface area contributed by atoms with E-state index in [1.807, 2.05) is 12.1 Å². The van der Waals surface area contributed by atoms with Crippen molar-refractivity contribution in [2.45, 2.75) is 33.2 Å². The van der Waals surface area contributed by atoms with E-state index < -0.39 is 0 Å². The first-order chi connectivity index (χ1) is 8.79. The molecule has 108 valence electrons. The molecule has 0 saturated carbocycles. The van der Waals surface area contributed by atoms with E-state index in [0.717, 1.165) is 37.3 Å². The second-order valence-corrected chi connectivity index (χ2v) is 4.94. The topological polar surface area (TPSA) is 40.8 Å². The summed E-state index contributed by atoms with van der Waals surface area (Å²) in [7, 11) is 0. The highest BCUT2D eigenvalue weighted by atomic mass is 127. The van der Waals surface area contributed by atoms with Gasteiger partial charge in [0.2, 0.25) is 0 Å². The van der Waals surface area contributed by atoms with E-state index in [2.05, 4.69) is 29.1 Å². The summed E-state index contributed by atoms with van der Waals surface area (Å²) in [5.41, 5.74) is 0. The minimum atomic E-state index is 0. The molecular weight excluding hydrogens is 353 g/mol. The summed E-state index contributed by atoms with van der Waals surface area (Å²) in [6.07, 6.45) is 4.28. The molecule has 0 spiro atoms. The van der Waals surface area contributed by atoms with Gasteiger partial charge in [-0.1, -0.05) is 6.92 Å². The average molecular weight is 377 g/mol. The molecule has 1 aromatic heterocycles. The number of nitrogens with zero attached hydrogens (tertiary/aromatic N) is 2. The van der Waals surface area contributed by atoms with Gasteiger partial charge in [-0.2, -0.15) is 0 Å². The molecule has 1 aliphatic rings. The Morgan fingerprint density at radius 3 is 3.05 bits per heavy atom. The molecule has 2 rings (SSSR count). The van der Waals surface area contributed by atoms with Crippen LogP contribution in [0, 0.1) is 5.92 Å². The summed E-state index contributed by atoms with van der Waals surface area (Å²) in [6.45, 7) is 8.14. The van der Waals surface area contributed by atoms with Crippen molar-refractivity contribution < 1.29 is 4.42 Å². The first-order valence-electron chi connectivity index (χ1n) is 6.85. The van der Waals surface area contributed by atoms with Crippen LogP contribution < -0.4 is 5.32 Å². The SMILES string of the molecule is CCNC(=NCc1ccco1)N1CCCC(C)C1.I. The lowest BCUT2D eigenvalue weighted by atomic mass is 10.0. The molecule has 0 bridgehead atoms. The zero-order valence-corrected chi connectivity index (χ0v) is 14.1. The fourth-order valence-electron chi connectivity index (χ4n) is 2.36. The molecule has 0 aliphatic carbocycles. The van der Waals surface area contributed by atoms with Crippen LogP contribution >= 0.6 is 24.0 Å². The molecule has 1 N–H and O–H groups in total. The summed E-state index contributed by atoms with van der Waals surface area (Å²) in [4.78, 5) is 7.01. The minimum absolute atomic E-state index is 0. The van der Waals surface area contributed by atoms with Gasteiger partial charge in [-0.05, 0) is 37.8 Å². The molecule has 19 heavy (non-hydrogen) atoms. The van der Waals surface area contributed by atoms with Crippen LogP contribution in [0.15, 0.2) is 27.8 Å². The Bertz CT molecular complexity index is 378. The summed E-state index contributed by atoms with van der Waals surface area (Å²) in [5, 5.41) is 3.37. The van der Waals surface area contributed by atoms with E-state index in [1.165, 1.54) is 12.8 Å². The van der Waals surface area contributed by atoms with Gasteiger partial charge in [0.25, 0.3) is 0 Å². The third-order valence-electron chi connectivity index (χ3n) is 3.26. The molecule has 2 heterocycles. The van der Waals surface area contributed by atoms with Crippen molar-refractivity contribution in [1.82, 2.24) is 10.2 Å². The molecule has 5 heteroatoms. The molecule has 1 atom stereocenters. The Morgan fingerprint density at radius 2 is 2.42 bits per heavy atom. The van der Waals surface area contributed by atoms with Crippen molar-refractivity contribution in [3.05, 3.63) is 24.2 Å². The highest BCUT2D eigenvalue weighted by Gasteiger charge is 2.18. The second-order valence-electron chi connectivity index (χ2n) is 4.94. The Kier molecular flexibility index (Phi) is 7.27. The van der Waals surface area contributed by atoms with Crippen LogP contribution in [0.2, 0.25) is 0 Å². The van der Waals surface area contributed by atoms with Gasteiger partial charge >= 0.3 is 0 Å². The van der Waals surface area contributed by atoms with Crippen LogP contribution in [-0.4, -0.2) is 30.5 Å². The Balaban J connectivity index is 0.00000180. The first kappa shape index (κ1) is 16.3. The zero-order chi connectivity index (χ0) is 12.8. The Morgan fingerprint density at radius 1 is 1.58 bits per heavy atom. The number of guanidine groups is 1. The van der Waals surface area contributed by atoms with Gasteiger partial charge in [0.05, 0.1) is 6.26 Å². The standard InChI is InChI=1S/C14H23N3O.HI/c1-3-15-14(16-10-13-7-5-9-18-13)17-8-4-6-12(2)11-17;/h5,7,9,12H,3-4,6,8,10-11H2,1-2H3,(H,15,16);1H. The number of halogens is 1. The quantitative estimate of drug-likeness (QED) is 0.500. The predicted molar refractivity (Wildman–Crippen MR) is 88.9 cm³/mol. The van der Waals surface area contributed by atoms with Gasteiger partial charge in [0.1, 0.15) is 12.3 Å². The van der Waals surface area contributed by atoms with Gasteiger partial charge in [-0.3, -0.25) is 0 Å². The first-order valence-corrected chi connectivity index (χ1v) is 6.85. The maximum atomic E-state index is 5.32. The number of furan rings is 1. The molecule has 1 aliphatic heterocycles. The van der Waals surface area contributed by atoms with E-state index in [1.54, 1.807) is 6.26 Å². The zero-order valence-electron chi connectivity index (χ0n) is 11.8. The summed E-state index contributed by atoms with van der Waals surface area (Å²) in [6, 6.07) is 3.87. The van der Waals surface area contributed by atoms with Crippen LogP contribution in [0.3, 0.4) is 0 Å². The van der Waals surface area contributed by atoms with Crippen LogP contribution in [0.1, 0.15) is 32.4 Å². The number of rotatable bonds is 3. The third-order valence-corrected chi connectivity index (χ3v) is 3.26. The minimum Gasteiger partial charge on any atom is -0.467 e. The maximum Gasteiger partial charge on any atom is 0.194 e. The molecule has 1 fully saturated rings. The van der Waals surface area contributed by atoms with E-state index in [-0.39, 0.29) is 24.0 Å².